The first kappa shape index (κ1) is 16.0. The molecule has 6 heteroatoms. The first-order valence-corrected chi connectivity index (χ1v) is 7.51. The highest BCUT2D eigenvalue weighted by Gasteiger charge is 2.13. The van der Waals surface area contributed by atoms with Crippen molar-refractivity contribution >= 4 is 23.0 Å². The lowest BCUT2D eigenvalue weighted by molar-refractivity contribution is 0.302. The van der Waals surface area contributed by atoms with Crippen molar-refractivity contribution in [3.05, 3.63) is 36.2 Å². The van der Waals surface area contributed by atoms with E-state index in [0.29, 0.717) is 30.4 Å². The van der Waals surface area contributed by atoms with E-state index < -0.39 is 0 Å². The highest BCUT2D eigenvalue weighted by atomic mass is 16.3. The number of aliphatic hydroxyl groups is 1. The molecule has 0 spiro atoms. The summed E-state index contributed by atoms with van der Waals surface area (Å²) in [6, 6.07) is 8.16. The van der Waals surface area contributed by atoms with Gasteiger partial charge in [0.2, 0.25) is 0 Å². The van der Waals surface area contributed by atoms with Crippen molar-refractivity contribution in [1.29, 1.82) is 0 Å². The van der Waals surface area contributed by atoms with Gasteiger partial charge in [-0.25, -0.2) is 9.97 Å². The largest absolute Gasteiger partial charge is 0.395 e. The molecule has 0 unspecified atom stereocenters. The molecule has 1 heterocycles. The Morgan fingerprint density at radius 1 is 1.18 bits per heavy atom. The lowest BCUT2D eigenvalue weighted by atomic mass is 10.1. The molecular formula is C16H23N5O. The van der Waals surface area contributed by atoms with Crippen LogP contribution in [0.3, 0.4) is 0 Å². The van der Waals surface area contributed by atoms with Gasteiger partial charge in [0.05, 0.1) is 6.61 Å². The topological polar surface area (TPSA) is 87.3 Å². The van der Waals surface area contributed by atoms with Gasteiger partial charge < -0.3 is 21.1 Å². The maximum atomic E-state index is 9.13. The number of nitrogens with two attached hydrogens (primary N) is 1. The summed E-state index contributed by atoms with van der Waals surface area (Å²) in [6.45, 7) is 5.37. The SMILES string of the molecule is CCc1ccc(Nc2ncnc(N(CC)CCO)c2N)cc1. The molecule has 0 bridgehead atoms. The number of rotatable bonds is 7. The van der Waals surface area contributed by atoms with Gasteiger partial charge in [-0.15, -0.1) is 0 Å². The first-order valence-electron chi connectivity index (χ1n) is 7.51. The van der Waals surface area contributed by atoms with Crippen LogP contribution < -0.4 is 16.0 Å². The van der Waals surface area contributed by atoms with E-state index in [0.717, 1.165) is 12.1 Å². The lowest BCUT2D eigenvalue weighted by Crippen LogP contribution is -2.28. The predicted molar refractivity (Wildman–Crippen MR) is 90.5 cm³/mol. The summed E-state index contributed by atoms with van der Waals surface area (Å²) in [5, 5.41) is 12.4. The van der Waals surface area contributed by atoms with E-state index in [-0.39, 0.29) is 6.61 Å². The Kier molecular flexibility index (Phi) is 5.55. The van der Waals surface area contributed by atoms with Crippen molar-refractivity contribution in [3.63, 3.8) is 0 Å². The van der Waals surface area contributed by atoms with E-state index in [1.807, 2.05) is 24.0 Å². The van der Waals surface area contributed by atoms with Gasteiger partial charge in [-0.3, -0.25) is 0 Å². The highest BCUT2D eigenvalue weighted by molar-refractivity contribution is 5.78. The number of benzene rings is 1. The summed E-state index contributed by atoms with van der Waals surface area (Å²) >= 11 is 0. The number of anilines is 4. The van der Waals surface area contributed by atoms with Crippen LogP contribution in [-0.4, -0.2) is 34.8 Å². The molecule has 1 aromatic heterocycles. The zero-order chi connectivity index (χ0) is 15.9. The molecule has 0 radical (unpaired) electrons. The van der Waals surface area contributed by atoms with Crippen LogP contribution in [0.1, 0.15) is 19.4 Å². The van der Waals surface area contributed by atoms with Gasteiger partial charge in [0.15, 0.2) is 11.6 Å². The second-order valence-electron chi connectivity index (χ2n) is 4.94. The third kappa shape index (κ3) is 3.65. The minimum absolute atomic E-state index is 0.0541. The number of aryl methyl sites for hydroxylation is 1. The van der Waals surface area contributed by atoms with Crippen LogP contribution in [-0.2, 0) is 6.42 Å². The van der Waals surface area contributed by atoms with Crippen LogP contribution >= 0.6 is 0 Å². The molecule has 2 aromatic rings. The standard InChI is InChI=1S/C16H23N5O/c1-3-12-5-7-13(8-6-12)20-15-14(17)16(19-11-18-15)21(4-2)9-10-22/h5-8,11,22H,3-4,9-10,17H2,1-2H3,(H,18,19,20). The van der Waals surface area contributed by atoms with Gasteiger partial charge >= 0.3 is 0 Å². The van der Waals surface area contributed by atoms with E-state index in [1.54, 1.807) is 0 Å². The van der Waals surface area contributed by atoms with Crippen molar-refractivity contribution in [2.75, 3.05) is 35.6 Å². The number of likely N-dealkylation sites (N-methyl/N-ethyl adjacent to an activating group) is 1. The summed E-state index contributed by atoms with van der Waals surface area (Å²) in [6.07, 6.45) is 2.49. The van der Waals surface area contributed by atoms with Gasteiger partial charge in [-0.2, -0.15) is 0 Å². The summed E-state index contributed by atoms with van der Waals surface area (Å²) < 4.78 is 0. The normalized spacial score (nSPS) is 10.5. The third-order valence-corrected chi connectivity index (χ3v) is 3.54. The van der Waals surface area contributed by atoms with Crippen molar-refractivity contribution in [1.82, 2.24) is 9.97 Å². The van der Waals surface area contributed by atoms with Gasteiger partial charge in [0.1, 0.15) is 12.0 Å². The van der Waals surface area contributed by atoms with Gasteiger partial charge in [0.25, 0.3) is 0 Å². The number of nitrogen functional groups attached to an aromatic ring is 1. The van der Waals surface area contributed by atoms with E-state index in [4.69, 9.17) is 10.8 Å². The fraction of sp³-hybridized carbons (Fsp3) is 0.375. The lowest BCUT2D eigenvalue weighted by Gasteiger charge is -2.23. The Balaban J connectivity index is 2.23. The number of nitrogens with zero attached hydrogens (tertiary/aromatic N) is 3. The minimum atomic E-state index is 0.0541. The summed E-state index contributed by atoms with van der Waals surface area (Å²) in [4.78, 5) is 10.4. The molecule has 0 saturated heterocycles. The van der Waals surface area contributed by atoms with Crippen LogP contribution in [0.5, 0.6) is 0 Å². The van der Waals surface area contributed by atoms with Crippen molar-refractivity contribution < 1.29 is 5.11 Å². The van der Waals surface area contributed by atoms with Crippen molar-refractivity contribution in [3.8, 4) is 0 Å². The highest BCUT2D eigenvalue weighted by Crippen LogP contribution is 2.28. The van der Waals surface area contributed by atoms with Crippen LogP contribution in [0, 0.1) is 0 Å². The molecule has 0 atom stereocenters. The Morgan fingerprint density at radius 3 is 2.50 bits per heavy atom. The molecule has 0 fully saturated rings. The molecule has 118 valence electrons. The fourth-order valence-electron chi connectivity index (χ4n) is 2.23. The van der Waals surface area contributed by atoms with Crippen molar-refractivity contribution in [2.24, 2.45) is 0 Å². The maximum Gasteiger partial charge on any atom is 0.159 e. The molecule has 1 aromatic carbocycles. The Morgan fingerprint density at radius 2 is 1.91 bits per heavy atom. The summed E-state index contributed by atoms with van der Waals surface area (Å²) in [5.41, 5.74) is 8.88. The van der Waals surface area contributed by atoms with E-state index >= 15 is 0 Å². The molecule has 2 rings (SSSR count). The maximum absolute atomic E-state index is 9.13. The summed E-state index contributed by atoms with van der Waals surface area (Å²) in [7, 11) is 0. The molecule has 0 aliphatic carbocycles. The number of aromatic nitrogens is 2. The molecule has 0 saturated carbocycles. The molecule has 0 aliphatic rings. The number of aliphatic hydroxyl groups excluding tert-OH is 1. The molecule has 6 nitrogen and oxygen atoms in total. The molecule has 0 amide bonds. The van der Waals surface area contributed by atoms with E-state index in [9.17, 15) is 0 Å². The average Bonchev–Trinajstić information content (AvgIpc) is 2.55. The quantitative estimate of drug-likeness (QED) is 0.726. The Bertz CT molecular complexity index is 600. The van der Waals surface area contributed by atoms with Gasteiger partial charge in [-0.1, -0.05) is 19.1 Å². The molecule has 0 aliphatic heterocycles. The van der Waals surface area contributed by atoms with Crippen LogP contribution in [0.2, 0.25) is 0 Å². The van der Waals surface area contributed by atoms with Gasteiger partial charge in [0, 0.05) is 18.8 Å². The summed E-state index contributed by atoms with van der Waals surface area (Å²) in [5.74, 6) is 1.21. The zero-order valence-electron chi connectivity index (χ0n) is 13.1. The molecule has 4 N–H and O–H groups in total. The zero-order valence-corrected chi connectivity index (χ0v) is 13.1. The van der Waals surface area contributed by atoms with Crippen LogP contribution in [0.25, 0.3) is 0 Å². The minimum Gasteiger partial charge on any atom is -0.395 e. The molecule has 22 heavy (non-hydrogen) atoms. The number of hydrogen-bond acceptors (Lipinski definition) is 6. The second-order valence-corrected chi connectivity index (χ2v) is 4.94. The average molecular weight is 301 g/mol. The van der Waals surface area contributed by atoms with E-state index in [1.165, 1.54) is 11.9 Å². The fourth-order valence-corrected chi connectivity index (χ4v) is 2.23. The van der Waals surface area contributed by atoms with Crippen LogP contribution in [0.15, 0.2) is 30.6 Å². The smallest absolute Gasteiger partial charge is 0.159 e. The second kappa shape index (κ2) is 7.61. The Hall–Kier alpha value is -2.34. The third-order valence-electron chi connectivity index (χ3n) is 3.54. The van der Waals surface area contributed by atoms with Crippen LogP contribution in [0.4, 0.5) is 23.0 Å². The molecular weight excluding hydrogens is 278 g/mol. The van der Waals surface area contributed by atoms with Crippen molar-refractivity contribution in [2.45, 2.75) is 20.3 Å². The number of hydrogen-bond donors (Lipinski definition) is 3. The van der Waals surface area contributed by atoms with Gasteiger partial charge in [-0.05, 0) is 31.0 Å². The first-order chi connectivity index (χ1) is 10.7. The van der Waals surface area contributed by atoms with E-state index in [2.05, 4.69) is 34.3 Å². The monoisotopic (exact) mass is 301 g/mol. The number of nitrogens with one attached hydrogen (secondary N) is 1. The Labute approximate surface area is 131 Å². The predicted octanol–water partition coefficient (Wildman–Crippen LogP) is 2.18.